The van der Waals surface area contributed by atoms with Gasteiger partial charge < -0.3 is 9.84 Å². The molecule has 106 valence electrons. The zero-order valence-corrected chi connectivity index (χ0v) is 11.6. The molecule has 0 bridgehead atoms. The average Bonchev–Trinajstić information content (AvgIpc) is 2.26. The predicted molar refractivity (Wildman–Crippen MR) is 70.0 cm³/mol. The molecule has 0 spiro atoms. The van der Waals surface area contributed by atoms with Crippen molar-refractivity contribution in [2.45, 2.75) is 77.7 Å². The highest BCUT2D eigenvalue weighted by molar-refractivity contribution is 5.85. The van der Waals surface area contributed by atoms with Crippen molar-refractivity contribution in [3.63, 3.8) is 0 Å². The van der Waals surface area contributed by atoms with E-state index in [2.05, 4.69) is 11.7 Å². The summed E-state index contributed by atoms with van der Waals surface area (Å²) < 4.78 is 4.57. The van der Waals surface area contributed by atoms with Crippen molar-refractivity contribution in [1.82, 2.24) is 0 Å². The van der Waals surface area contributed by atoms with Crippen LogP contribution in [-0.4, -0.2) is 23.1 Å². The molecule has 0 rings (SSSR count). The van der Waals surface area contributed by atoms with Crippen molar-refractivity contribution in [2.75, 3.05) is 0 Å². The Bertz CT molecular complexity index is 236. The molecule has 1 atom stereocenters. The monoisotopic (exact) mass is 258 g/mol. The van der Waals surface area contributed by atoms with Gasteiger partial charge in [0, 0.05) is 6.42 Å². The number of unbranched alkanes of at least 4 members (excludes halogenated alkanes) is 6. The Balaban J connectivity index is 3.39. The van der Waals surface area contributed by atoms with Crippen LogP contribution in [0.5, 0.6) is 0 Å². The second kappa shape index (κ2) is 11.2. The summed E-state index contributed by atoms with van der Waals surface area (Å²) >= 11 is 0. The van der Waals surface area contributed by atoms with Gasteiger partial charge in [0.2, 0.25) is 0 Å². The fraction of sp³-hybridized carbons (Fsp3) is 0.857. The summed E-state index contributed by atoms with van der Waals surface area (Å²) in [5.41, 5.74) is 0. The van der Waals surface area contributed by atoms with E-state index in [-0.39, 0.29) is 6.42 Å². The first-order valence-corrected chi connectivity index (χ1v) is 6.97. The number of ether oxygens (including phenoxy) is 1. The normalized spacial score (nSPS) is 12.2. The van der Waals surface area contributed by atoms with Crippen molar-refractivity contribution in [3.05, 3.63) is 0 Å². The molecule has 1 N–H and O–H groups in total. The van der Waals surface area contributed by atoms with Gasteiger partial charge in [-0.25, -0.2) is 0 Å². The lowest BCUT2D eigenvalue weighted by Gasteiger charge is -2.04. The van der Waals surface area contributed by atoms with Gasteiger partial charge in [-0.2, -0.15) is 0 Å². The highest BCUT2D eigenvalue weighted by atomic mass is 16.6. The molecule has 0 aromatic heterocycles. The van der Waals surface area contributed by atoms with Crippen LogP contribution in [0.1, 0.15) is 71.6 Å². The first-order chi connectivity index (χ1) is 8.56. The first kappa shape index (κ1) is 17.1. The minimum atomic E-state index is -0.760. The van der Waals surface area contributed by atoms with Crippen molar-refractivity contribution < 1.29 is 19.4 Å². The molecule has 1 unspecified atom stereocenters. The zero-order valence-electron chi connectivity index (χ0n) is 11.6. The summed E-state index contributed by atoms with van der Waals surface area (Å²) in [6.45, 7) is 3.67. The summed E-state index contributed by atoms with van der Waals surface area (Å²) in [4.78, 5) is 22.3. The smallest absolute Gasteiger partial charge is 0.316 e. The van der Waals surface area contributed by atoms with Gasteiger partial charge in [0.1, 0.15) is 0 Å². The molecule has 0 amide bonds. The summed E-state index contributed by atoms with van der Waals surface area (Å²) in [6, 6.07) is 0. The van der Waals surface area contributed by atoms with E-state index in [0.717, 1.165) is 19.3 Å². The van der Waals surface area contributed by atoms with Crippen LogP contribution in [0, 0.1) is 0 Å². The van der Waals surface area contributed by atoms with Gasteiger partial charge in [-0.3, -0.25) is 9.59 Å². The molecule has 0 aliphatic heterocycles. The number of aliphatic hydroxyl groups excluding tert-OH is 1. The zero-order chi connectivity index (χ0) is 13.8. The van der Waals surface area contributed by atoms with Crippen LogP contribution in [0.25, 0.3) is 0 Å². The Kier molecular flexibility index (Phi) is 10.6. The number of carbonyl (C=O) groups is 2. The lowest BCUT2D eigenvalue weighted by molar-refractivity contribution is -0.160. The molecule has 0 aromatic carbocycles. The number of rotatable bonds is 10. The predicted octanol–water partition coefficient (Wildman–Crippen LogP) is 2.97. The van der Waals surface area contributed by atoms with Crippen molar-refractivity contribution in [1.29, 1.82) is 0 Å². The Morgan fingerprint density at radius 1 is 1.00 bits per heavy atom. The van der Waals surface area contributed by atoms with E-state index in [1.54, 1.807) is 0 Å². The number of hydrogen-bond acceptors (Lipinski definition) is 4. The summed E-state index contributed by atoms with van der Waals surface area (Å²) in [7, 11) is 0. The van der Waals surface area contributed by atoms with Crippen LogP contribution in [0.2, 0.25) is 0 Å². The van der Waals surface area contributed by atoms with Gasteiger partial charge in [-0.15, -0.1) is 0 Å². The van der Waals surface area contributed by atoms with E-state index < -0.39 is 18.0 Å². The van der Waals surface area contributed by atoms with Gasteiger partial charge in [0.25, 0.3) is 0 Å². The Morgan fingerprint density at radius 3 is 2.11 bits per heavy atom. The number of esters is 2. The molecule has 4 heteroatoms. The van der Waals surface area contributed by atoms with Gasteiger partial charge in [0.05, 0.1) is 12.5 Å². The second-order valence-electron chi connectivity index (χ2n) is 4.77. The fourth-order valence-corrected chi connectivity index (χ4v) is 1.69. The molecule has 0 fully saturated rings. The highest BCUT2D eigenvalue weighted by Crippen LogP contribution is 2.09. The molecule has 0 heterocycles. The molecular formula is C14H26O4. The van der Waals surface area contributed by atoms with E-state index in [4.69, 9.17) is 5.11 Å². The SMILES string of the molecule is CCCCCCCCCC(=O)OC(=O)CC(C)O. The van der Waals surface area contributed by atoms with Crippen molar-refractivity contribution >= 4 is 11.9 Å². The summed E-state index contributed by atoms with van der Waals surface area (Å²) in [5.74, 6) is -1.12. The quantitative estimate of drug-likeness (QED) is 0.372. The van der Waals surface area contributed by atoms with Crippen LogP contribution in [0.3, 0.4) is 0 Å². The molecule has 18 heavy (non-hydrogen) atoms. The molecule has 0 aliphatic rings. The maximum atomic E-state index is 11.2. The minimum Gasteiger partial charge on any atom is -0.393 e. The molecule has 0 saturated heterocycles. The van der Waals surface area contributed by atoms with Crippen molar-refractivity contribution in [2.24, 2.45) is 0 Å². The van der Waals surface area contributed by atoms with Crippen LogP contribution in [0.15, 0.2) is 0 Å². The fourth-order valence-electron chi connectivity index (χ4n) is 1.69. The minimum absolute atomic E-state index is 0.122. The summed E-state index contributed by atoms with van der Waals surface area (Å²) in [6.07, 6.45) is 7.29. The lowest BCUT2D eigenvalue weighted by atomic mass is 10.1. The maximum absolute atomic E-state index is 11.2. The van der Waals surface area contributed by atoms with Crippen molar-refractivity contribution in [3.8, 4) is 0 Å². The molecule has 0 aliphatic carbocycles. The third kappa shape index (κ3) is 11.6. The molecule has 0 saturated carbocycles. The average molecular weight is 258 g/mol. The Hall–Kier alpha value is -0.900. The van der Waals surface area contributed by atoms with E-state index in [1.165, 1.54) is 32.6 Å². The van der Waals surface area contributed by atoms with Gasteiger partial charge >= 0.3 is 11.9 Å². The third-order valence-corrected chi connectivity index (χ3v) is 2.67. The van der Waals surface area contributed by atoms with Crippen LogP contribution in [-0.2, 0) is 14.3 Å². The molecule has 4 nitrogen and oxygen atoms in total. The van der Waals surface area contributed by atoms with Crippen LogP contribution < -0.4 is 0 Å². The maximum Gasteiger partial charge on any atom is 0.316 e. The second-order valence-corrected chi connectivity index (χ2v) is 4.77. The number of hydrogen-bond donors (Lipinski definition) is 1. The number of carbonyl (C=O) groups excluding carboxylic acids is 2. The first-order valence-electron chi connectivity index (χ1n) is 6.97. The Labute approximate surface area is 110 Å². The third-order valence-electron chi connectivity index (χ3n) is 2.67. The Morgan fingerprint density at radius 2 is 1.56 bits per heavy atom. The molecule has 0 aromatic rings. The highest BCUT2D eigenvalue weighted by Gasteiger charge is 2.12. The largest absolute Gasteiger partial charge is 0.393 e. The summed E-state index contributed by atoms with van der Waals surface area (Å²) in [5, 5.41) is 8.94. The lowest BCUT2D eigenvalue weighted by Crippen LogP contribution is -2.16. The molecular weight excluding hydrogens is 232 g/mol. The van der Waals surface area contributed by atoms with E-state index in [0.29, 0.717) is 6.42 Å². The van der Waals surface area contributed by atoms with Gasteiger partial charge in [-0.1, -0.05) is 45.4 Å². The number of aliphatic hydroxyl groups is 1. The van der Waals surface area contributed by atoms with E-state index in [9.17, 15) is 9.59 Å². The molecule has 0 radical (unpaired) electrons. The topological polar surface area (TPSA) is 63.6 Å². The van der Waals surface area contributed by atoms with Gasteiger partial charge in [0.15, 0.2) is 0 Å². The van der Waals surface area contributed by atoms with Gasteiger partial charge in [-0.05, 0) is 13.3 Å². The standard InChI is InChI=1S/C14H26O4/c1-3-4-5-6-7-8-9-10-13(16)18-14(17)11-12(2)15/h12,15H,3-11H2,1-2H3. The van der Waals surface area contributed by atoms with Crippen LogP contribution in [0.4, 0.5) is 0 Å². The van der Waals surface area contributed by atoms with Crippen LogP contribution >= 0.6 is 0 Å². The van der Waals surface area contributed by atoms with E-state index >= 15 is 0 Å². The van der Waals surface area contributed by atoms with E-state index in [1.807, 2.05) is 0 Å².